The second-order valence-electron chi connectivity index (χ2n) is 9.72. The van der Waals surface area contributed by atoms with Crippen LogP contribution in [0.1, 0.15) is 76.7 Å². The maximum atomic E-state index is 12.0. The van der Waals surface area contributed by atoms with E-state index in [9.17, 15) is 9.59 Å². The van der Waals surface area contributed by atoms with E-state index < -0.39 is 0 Å². The van der Waals surface area contributed by atoms with Crippen LogP contribution >= 0.6 is 23.2 Å². The second-order valence-corrected chi connectivity index (χ2v) is 10.5. The fourth-order valence-electron chi connectivity index (χ4n) is 4.45. The number of urea groups is 1. The van der Waals surface area contributed by atoms with Crippen LogP contribution in [-0.2, 0) is 4.79 Å². The summed E-state index contributed by atoms with van der Waals surface area (Å²) in [6, 6.07) is 5.25. The minimum Gasteiger partial charge on any atom is -0.353 e. The number of nitrogens with zero attached hydrogens (tertiary/aromatic N) is 1. The van der Waals surface area contributed by atoms with Crippen molar-refractivity contribution < 1.29 is 9.59 Å². The molecule has 0 saturated carbocycles. The molecule has 6 nitrogen and oxygen atoms in total. The van der Waals surface area contributed by atoms with Crippen LogP contribution in [0.25, 0.3) is 6.08 Å². The number of unbranched alkanes of at least 4 members (excludes halogenated alkanes) is 6. The molecule has 8 heteroatoms. The Morgan fingerprint density at radius 2 is 1.72 bits per heavy atom. The summed E-state index contributed by atoms with van der Waals surface area (Å²) in [7, 11) is 0. The van der Waals surface area contributed by atoms with Crippen molar-refractivity contribution in [3.8, 4) is 0 Å². The standard InChI is InChI=1S/C28H44Cl2N4O2/c1-2-3-4-5-7-17-32-28(36)33-21-24-11-10-19-34(22-24)18-9-6-8-16-31-27(35)15-13-23-12-14-25(29)26(30)20-23/h12-15,20,24H,2-11,16-19,21-22H2,1H3,(H,31,35)(H2,32,33,36)/b15-13+. The normalized spacial score (nSPS) is 16.2. The summed E-state index contributed by atoms with van der Waals surface area (Å²) in [4.78, 5) is 26.6. The van der Waals surface area contributed by atoms with Crippen LogP contribution < -0.4 is 16.0 Å². The first kappa shape index (κ1) is 30.5. The maximum absolute atomic E-state index is 12.0. The third kappa shape index (κ3) is 13.5. The fraction of sp³-hybridized carbons (Fsp3) is 0.643. The van der Waals surface area contributed by atoms with Gasteiger partial charge in [-0.05, 0) is 74.9 Å². The monoisotopic (exact) mass is 538 g/mol. The zero-order valence-electron chi connectivity index (χ0n) is 21.8. The lowest BCUT2D eigenvalue weighted by Crippen LogP contribution is -2.44. The quantitative estimate of drug-likeness (QED) is 0.171. The maximum Gasteiger partial charge on any atom is 0.314 e. The first-order valence-corrected chi connectivity index (χ1v) is 14.4. The predicted molar refractivity (Wildman–Crippen MR) is 152 cm³/mol. The first-order chi connectivity index (χ1) is 17.5. The summed E-state index contributed by atoms with van der Waals surface area (Å²) < 4.78 is 0. The molecule has 1 aromatic rings. The number of carbonyl (C=O) groups excluding carboxylic acids is 2. The molecule has 1 atom stereocenters. The molecule has 1 saturated heterocycles. The Hall–Kier alpha value is -1.76. The van der Waals surface area contributed by atoms with Crippen LogP contribution in [-0.4, -0.2) is 56.1 Å². The van der Waals surface area contributed by atoms with Gasteiger partial charge >= 0.3 is 6.03 Å². The Balaban J connectivity index is 1.49. The Morgan fingerprint density at radius 3 is 2.50 bits per heavy atom. The van der Waals surface area contributed by atoms with Gasteiger partial charge in [-0.25, -0.2) is 4.79 Å². The largest absolute Gasteiger partial charge is 0.353 e. The van der Waals surface area contributed by atoms with Crippen molar-refractivity contribution in [3.05, 3.63) is 39.9 Å². The topological polar surface area (TPSA) is 73.5 Å². The molecular formula is C28H44Cl2N4O2. The predicted octanol–water partition coefficient (Wildman–Crippen LogP) is 6.27. The van der Waals surface area contributed by atoms with Gasteiger partial charge in [-0.1, -0.05) is 68.3 Å². The average molecular weight is 540 g/mol. The van der Waals surface area contributed by atoms with E-state index >= 15 is 0 Å². The van der Waals surface area contributed by atoms with E-state index in [0.717, 1.165) is 64.0 Å². The molecule has 3 N–H and O–H groups in total. The molecule has 0 aliphatic carbocycles. The van der Waals surface area contributed by atoms with Gasteiger partial charge in [-0.15, -0.1) is 0 Å². The van der Waals surface area contributed by atoms with Crippen LogP contribution in [0.15, 0.2) is 24.3 Å². The Labute approximate surface area is 227 Å². The second kappa shape index (κ2) is 18.5. The average Bonchev–Trinajstić information content (AvgIpc) is 2.88. The summed E-state index contributed by atoms with van der Waals surface area (Å²) in [6.07, 6.45) is 14.8. The Kier molecular flexibility index (Phi) is 15.6. The molecule has 1 unspecified atom stereocenters. The Bertz CT molecular complexity index is 819. The number of nitrogens with one attached hydrogen (secondary N) is 3. The lowest BCUT2D eigenvalue weighted by molar-refractivity contribution is -0.116. The van der Waals surface area contributed by atoms with Crippen LogP contribution in [0.5, 0.6) is 0 Å². The van der Waals surface area contributed by atoms with Crippen molar-refractivity contribution in [1.82, 2.24) is 20.9 Å². The number of rotatable bonds is 16. The molecule has 1 fully saturated rings. The third-order valence-electron chi connectivity index (χ3n) is 6.54. The summed E-state index contributed by atoms with van der Waals surface area (Å²) in [5.74, 6) is 0.420. The summed E-state index contributed by atoms with van der Waals surface area (Å²) >= 11 is 11.9. The van der Waals surface area contributed by atoms with Crippen molar-refractivity contribution in [2.75, 3.05) is 39.3 Å². The van der Waals surface area contributed by atoms with E-state index in [1.807, 2.05) is 6.07 Å². The van der Waals surface area contributed by atoms with Crippen LogP contribution in [0.3, 0.4) is 0 Å². The van der Waals surface area contributed by atoms with Gasteiger partial charge in [0.25, 0.3) is 0 Å². The molecule has 36 heavy (non-hydrogen) atoms. The van der Waals surface area contributed by atoms with Crippen molar-refractivity contribution in [2.45, 2.75) is 71.1 Å². The third-order valence-corrected chi connectivity index (χ3v) is 7.28. The lowest BCUT2D eigenvalue weighted by atomic mass is 9.97. The lowest BCUT2D eigenvalue weighted by Gasteiger charge is -2.32. The van der Waals surface area contributed by atoms with Gasteiger partial charge < -0.3 is 20.9 Å². The highest BCUT2D eigenvalue weighted by atomic mass is 35.5. The molecule has 1 aliphatic heterocycles. The molecule has 0 aromatic heterocycles. The minimum absolute atomic E-state index is 0.0310. The van der Waals surface area contributed by atoms with E-state index in [0.29, 0.717) is 22.5 Å². The molecule has 202 valence electrons. The molecular weight excluding hydrogens is 495 g/mol. The molecule has 0 spiro atoms. The minimum atomic E-state index is -0.104. The van der Waals surface area contributed by atoms with E-state index in [4.69, 9.17) is 23.2 Å². The molecule has 2 rings (SSSR count). The molecule has 0 radical (unpaired) electrons. The zero-order valence-corrected chi connectivity index (χ0v) is 23.3. The van der Waals surface area contributed by atoms with Gasteiger partial charge in [0.15, 0.2) is 0 Å². The molecule has 0 bridgehead atoms. The number of benzene rings is 1. The molecule has 1 aliphatic rings. The van der Waals surface area contributed by atoms with Crippen LogP contribution in [0, 0.1) is 5.92 Å². The van der Waals surface area contributed by atoms with Crippen molar-refractivity contribution >= 4 is 41.2 Å². The van der Waals surface area contributed by atoms with Gasteiger partial charge in [0.2, 0.25) is 5.91 Å². The van der Waals surface area contributed by atoms with Gasteiger partial charge in [-0.2, -0.15) is 0 Å². The summed E-state index contributed by atoms with van der Waals surface area (Å²) in [5.41, 5.74) is 0.841. The van der Waals surface area contributed by atoms with E-state index in [1.165, 1.54) is 44.6 Å². The molecule has 3 amide bonds. The molecule has 1 aromatic carbocycles. The van der Waals surface area contributed by atoms with Crippen molar-refractivity contribution in [2.24, 2.45) is 5.92 Å². The first-order valence-electron chi connectivity index (χ1n) is 13.6. The summed E-state index contributed by atoms with van der Waals surface area (Å²) in [6.45, 7) is 7.66. The highest BCUT2D eigenvalue weighted by Gasteiger charge is 2.19. The fourth-order valence-corrected chi connectivity index (χ4v) is 4.75. The van der Waals surface area contributed by atoms with Crippen molar-refractivity contribution in [1.29, 1.82) is 0 Å². The Morgan fingerprint density at radius 1 is 0.972 bits per heavy atom. The highest BCUT2D eigenvalue weighted by molar-refractivity contribution is 6.42. The zero-order chi connectivity index (χ0) is 26.0. The number of hydrogen-bond donors (Lipinski definition) is 3. The van der Waals surface area contributed by atoms with Gasteiger partial charge in [0, 0.05) is 32.3 Å². The highest BCUT2D eigenvalue weighted by Crippen LogP contribution is 2.23. The smallest absolute Gasteiger partial charge is 0.314 e. The van der Waals surface area contributed by atoms with Gasteiger partial charge in [-0.3, -0.25) is 4.79 Å². The van der Waals surface area contributed by atoms with Gasteiger partial charge in [0.1, 0.15) is 0 Å². The van der Waals surface area contributed by atoms with Crippen LogP contribution in [0.4, 0.5) is 4.79 Å². The number of hydrogen-bond acceptors (Lipinski definition) is 3. The number of carbonyl (C=O) groups is 2. The number of piperidine rings is 1. The SMILES string of the molecule is CCCCCCCNC(=O)NCC1CCCN(CCCCCNC(=O)/C=C/c2ccc(Cl)c(Cl)c2)C1. The summed E-state index contributed by atoms with van der Waals surface area (Å²) in [5, 5.41) is 9.96. The van der Waals surface area contributed by atoms with E-state index in [-0.39, 0.29) is 11.9 Å². The van der Waals surface area contributed by atoms with Gasteiger partial charge in [0.05, 0.1) is 10.0 Å². The van der Waals surface area contributed by atoms with Crippen molar-refractivity contribution in [3.63, 3.8) is 0 Å². The number of likely N-dealkylation sites (tertiary alicyclic amines) is 1. The molecule has 1 heterocycles. The van der Waals surface area contributed by atoms with E-state index in [1.54, 1.807) is 18.2 Å². The number of amides is 3. The number of halogens is 2. The van der Waals surface area contributed by atoms with Crippen LogP contribution in [0.2, 0.25) is 10.0 Å². The van der Waals surface area contributed by atoms with E-state index in [2.05, 4.69) is 27.8 Å².